The van der Waals surface area contributed by atoms with E-state index in [-0.39, 0.29) is 18.2 Å². The lowest BCUT2D eigenvalue weighted by Crippen LogP contribution is -2.33. The number of carbonyl (C=O) groups excluding carboxylic acids is 1. The van der Waals surface area contributed by atoms with E-state index in [1.807, 2.05) is 26.2 Å². The maximum atomic E-state index is 11.7. The second-order valence-corrected chi connectivity index (χ2v) is 6.99. The first-order chi connectivity index (χ1) is 10.5. The van der Waals surface area contributed by atoms with Crippen molar-refractivity contribution in [2.24, 2.45) is 0 Å². The van der Waals surface area contributed by atoms with Gasteiger partial charge < -0.3 is 15.0 Å². The SMILES string of the molecule is CC(C)NC(=O)O[C@@H]1CC[C@H](c2cnc3[nH]cc(Br)c3c2)C1. The molecular formula is C16H20BrN3O2. The first kappa shape index (κ1) is 15.3. The van der Waals surface area contributed by atoms with Gasteiger partial charge in [-0.1, -0.05) is 0 Å². The molecule has 3 rings (SSSR count). The Morgan fingerprint density at radius 3 is 3.09 bits per heavy atom. The zero-order valence-corrected chi connectivity index (χ0v) is 14.3. The van der Waals surface area contributed by atoms with Crippen molar-refractivity contribution in [3.8, 4) is 0 Å². The average Bonchev–Trinajstić information content (AvgIpc) is 3.05. The van der Waals surface area contributed by atoms with Crippen LogP contribution in [0.15, 0.2) is 22.9 Å². The molecule has 2 aromatic heterocycles. The Hall–Kier alpha value is -1.56. The fourth-order valence-electron chi connectivity index (χ4n) is 2.98. The smallest absolute Gasteiger partial charge is 0.407 e. The van der Waals surface area contributed by atoms with Crippen LogP contribution < -0.4 is 5.32 Å². The third-order valence-electron chi connectivity index (χ3n) is 4.04. The van der Waals surface area contributed by atoms with E-state index in [1.165, 1.54) is 5.56 Å². The highest BCUT2D eigenvalue weighted by atomic mass is 79.9. The minimum absolute atomic E-state index is 0.00545. The lowest BCUT2D eigenvalue weighted by molar-refractivity contribution is 0.0982. The Morgan fingerprint density at radius 2 is 2.32 bits per heavy atom. The van der Waals surface area contributed by atoms with Crippen LogP contribution in [0.1, 0.15) is 44.6 Å². The number of H-pyrrole nitrogens is 1. The van der Waals surface area contributed by atoms with Gasteiger partial charge in [0, 0.05) is 28.3 Å². The molecule has 118 valence electrons. The summed E-state index contributed by atoms with van der Waals surface area (Å²) in [5.41, 5.74) is 2.10. The number of aromatic nitrogens is 2. The van der Waals surface area contributed by atoms with Crippen LogP contribution in [0, 0.1) is 0 Å². The number of aromatic amines is 1. The van der Waals surface area contributed by atoms with E-state index in [1.54, 1.807) is 0 Å². The number of alkyl carbamates (subject to hydrolysis) is 1. The van der Waals surface area contributed by atoms with Crippen LogP contribution in [0.4, 0.5) is 4.79 Å². The van der Waals surface area contributed by atoms with Crippen LogP contribution in [0.3, 0.4) is 0 Å². The van der Waals surface area contributed by atoms with Crippen molar-refractivity contribution >= 4 is 33.1 Å². The highest BCUT2D eigenvalue weighted by Crippen LogP contribution is 2.37. The predicted octanol–water partition coefficient (Wildman–Crippen LogP) is 4.10. The van der Waals surface area contributed by atoms with E-state index >= 15 is 0 Å². The first-order valence-electron chi connectivity index (χ1n) is 7.62. The average molecular weight is 366 g/mol. The van der Waals surface area contributed by atoms with Crippen molar-refractivity contribution in [3.63, 3.8) is 0 Å². The van der Waals surface area contributed by atoms with Crippen molar-refractivity contribution in [1.29, 1.82) is 0 Å². The standard InChI is InChI=1S/C16H20BrN3O2/c1-9(2)20-16(21)22-12-4-3-10(5-12)11-6-13-14(17)8-19-15(13)18-7-11/h6-10,12H,3-5H2,1-2H3,(H,18,19)(H,20,21)/t10-,12+/m0/s1. The van der Waals surface area contributed by atoms with E-state index in [2.05, 4.69) is 37.3 Å². The van der Waals surface area contributed by atoms with E-state index in [4.69, 9.17) is 4.74 Å². The summed E-state index contributed by atoms with van der Waals surface area (Å²) in [6, 6.07) is 2.27. The fourth-order valence-corrected chi connectivity index (χ4v) is 3.40. The number of carbonyl (C=O) groups is 1. The third kappa shape index (κ3) is 3.27. The summed E-state index contributed by atoms with van der Waals surface area (Å²) in [6.07, 6.45) is 6.29. The minimum atomic E-state index is -0.317. The Bertz CT molecular complexity index is 683. The Balaban J connectivity index is 1.66. The van der Waals surface area contributed by atoms with Crippen LogP contribution in [0.5, 0.6) is 0 Å². The highest BCUT2D eigenvalue weighted by Gasteiger charge is 2.29. The summed E-state index contributed by atoms with van der Waals surface area (Å²) in [4.78, 5) is 19.3. The molecule has 2 aromatic rings. The molecule has 1 fully saturated rings. The fraction of sp³-hybridized carbons (Fsp3) is 0.500. The van der Waals surface area contributed by atoms with Crippen LogP contribution >= 0.6 is 15.9 Å². The summed E-state index contributed by atoms with van der Waals surface area (Å²) in [5, 5.41) is 3.87. The number of amides is 1. The number of hydrogen-bond donors (Lipinski definition) is 2. The molecule has 0 aliphatic heterocycles. The van der Waals surface area contributed by atoms with Gasteiger partial charge in [-0.15, -0.1) is 0 Å². The van der Waals surface area contributed by atoms with E-state index in [9.17, 15) is 4.79 Å². The Labute approximate surface area is 138 Å². The van der Waals surface area contributed by atoms with Crippen LogP contribution in [0.2, 0.25) is 0 Å². The quantitative estimate of drug-likeness (QED) is 0.860. The zero-order valence-electron chi connectivity index (χ0n) is 12.7. The monoisotopic (exact) mass is 365 g/mol. The lowest BCUT2D eigenvalue weighted by Gasteiger charge is -2.15. The molecule has 6 heteroatoms. The predicted molar refractivity (Wildman–Crippen MR) is 88.9 cm³/mol. The number of halogens is 1. The van der Waals surface area contributed by atoms with Gasteiger partial charge in [0.2, 0.25) is 0 Å². The van der Waals surface area contributed by atoms with Gasteiger partial charge in [-0.05, 0) is 66.6 Å². The number of rotatable bonds is 3. The van der Waals surface area contributed by atoms with E-state index in [0.29, 0.717) is 5.92 Å². The van der Waals surface area contributed by atoms with E-state index < -0.39 is 0 Å². The van der Waals surface area contributed by atoms with Gasteiger partial charge in [-0.2, -0.15) is 0 Å². The normalized spacial score (nSPS) is 21.5. The molecule has 0 aromatic carbocycles. The van der Waals surface area contributed by atoms with Crippen molar-refractivity contribution in [1.82, 2.24) is 15.3 Å². The molecule has 1 aliphatic rings. The molecule has 2 atom stereocenters. The molecule has 0 saturated heterocycles. The number of ether oxygens (including phenoxy) is 1. The highest BCUT2D eigenvalue weighted by molar-refractivity contribution is 9.10. The van der Waals surface area contributed by atoms with Gasteiger partial charge >= 0.3 is 6.09 Å². The molecule has 2 N–H and O–H groups in total. The topological polar surface area (TPSA) is 67.0 Å². The van der Waals surface area contributed by atoms with Crippen molar-refractivity contribution in [2.75, 3.05) is 0 Å². The largest absolute Gasteiger partial charge is 0.446 e. The van der Waals surface area contributed by atoms with Crippen LogP contribution in [-0.2, 0) is 4.74 Å². The van der Waals surface area contributed by atoms with Gasteiger partial charge in [0.15, 0.2) is 0 Å². The van der Waals surface area contributed by atoms with Crippen molar-refractivity contribution in [2.45, 2.75) is 51.2 Å². The Kier molecular flexibility index (Phi) is 4.38. The second kappa shape index (κ2) is 6.28. The molecule has 0 unspecified atom stereocenters. The maximum Gasteiger partial charge on any atom is 0.407 e. The summed E-state index contributed by atoms with van der Waals surface area (Å²) in [6.45, 7) is 3.85. The van der Waals surface area contributed by atoms with Crippen LogP contribution in [-0.4, -0.2) is 28.2 Å². The molecule has 22 heavy (non-hydrogen) atoms. The molecule has 2 heterocycles. The van der Waals surface area contributed by atoms with Crippen LogP contribution in [0.25, 0.3) is 11.0 Å². The van der Waals surface area contributed by atoms with Gasteiger partial charge in [0.1, 0.15) is 11.8 Å². The zero-order chi connectivity index (χ0) is 15.7. The lowest BCUT2D eigenvalue weighted by atomic mass is 9.99. The molecule has 1 aliphatic carbocycles. The number of nitrogens with zero attached hydrogens (tertiary/aromatic N) is 1. The number of nitrogens with one attached hydrogen (secondary N) is 2. The van der Waals surface area contributed by atoms with Gasteiger partial charge in [-0.25, -0.2) is 9.78 Å². The molecular weight excluding hydrogens is 346 g/mol. The summed E-state index contributed by atoms with van der Waals surface area (Å²) in [5.74, 6) is 0.399. The molecule has 0 bridgehead atoms. The van der Waals surface area contributed by atoms with Gasteiger partial charge in [0.25, 0.3) is 0 Å². The first-order valence-corrected chi connectivity index (χ1v) is 8.42. The molecule has 1 amide bonds. The Morgan fingerprint density at radius 1 is 1.50 bits per heavy atom. The summed E-state index contributed by atoms with van der Waals surface area (Å²) >= 11 is 3.53. The molecule has 0 spiro atoms. The summed E-state index contributed by atoms with van der Waals surface area (Å²) < 4.78 is 6.51. The van der Waals surface area contributed by atoms with Gasteiger partial charge in [0.05, 0.1) is 0 Å². The number of pyridine rings is 1. The molecule has 5 nitrogen and oxygen atoms in total. The number of fused-ring (bicyclic) bond motifs is 1. The summed E-state index contributed by atoms with van der Waals surface area (Å²) in [7, 11) is 0. The van der Waals surface area contributed by atoms with E-state index in [0.717, 1.165) is 34.8 Å². The number of hydrogen-bond acceptors (Lipinski definition) is 3. The van der Waals surface area contributed by atoms with Crippen molar-refractivity contribution < 1.29 is 9.53 Å². The minimum Gasteiger partial charge on any atom is -0.446 e. The van der Waals surface area contributed by atoms with Crippen molar-refractivity contribution in [3.05, 3.63) is 28.5 Å². The molecule has 0 radical (unpaired) electrons. The van der Waals surface area contributed by atoms with Gasteiger partial charge in [-0.3, -0.25) is 0 Å². The maximum absolute atomic E-state index is 11.7. The second-order valence-electron chi connectivity index (χ2n) is 6.14. The molecule has 1 saturated carbocycles. The third-order valence-corrected chi connectivity index (χ3v) is 4.69.